The molecule has 0 spiro atoms. The van der Waals surface area contributed by atoms with Crippen molar-refractivity contribution >= 4 is 22.6 Å². The molecule has 1 atom stereocenters. The molecule has 3 aromatic rings. The maximum Gasteiger partial charge on any atom is 0.267 e. The van der Waals surface area contributed by atoms with Gasteiger partial charge in [0, 0.05) is 12.8 Å². The van der Waals surface area contributed by atoms with Gasteiger partial charge < -0.3 is 15.0 Å². The number of nitrogens with two attached hydrogens (primary N) is 1. The fraction of sp³-hybridized carbons (Fsp3) is 0.294. The van der Waals surface area contributed by atoms with Crippen LogP contribution in [0.2, 0.25) is 0 Å². The first-order valence-electron chi connectivity index (χ1n) is 8.07. The second-order valence-electron chi connectivity index (χ2n) is 6.10. The summed E-state index contributed by atoms with van der Waals surface area (Å²) in [4.78, 5) is 29.1. The molecule has 0 aliphatic carbocycles. The molecule has 3 aromatic heterocycles. The monoisotopic (exact) mass is 339 g/mol. The summed E-state index contributed by atoms with van der Waals surface area (Å²) in [5.41, 5.74) is 5.90. The number of hydrogen-bond donors (Lipinski definition) is 2. The number of hydrogen-bond acceptors (Lipinski definition) is 5. The highest BCUT2D eigenvalue weighted by atomic mass is 16.5. The number of rotatable bonds is 3. The lowest BCUT2D eigenvalue weighted by atomic mass is 10.2. The Morgan fingerprint density at radius 3 is 3.00 bits per heavy atom. The summed E-state index contributed by atoms with van der Waals surface area (Å²) in [7, 11) is 0. The fourth-order valence-corrected chi connectivity index (χ4v) is 3.24. The number of nitrogens with zero attached hydrogens (tertiary/aromatic N) is 3. The van der Waals surface area contributed by atoms with E-state index in [1.54, 1.807) is 29.0 Å². The minimum atomic E-state index is -0.745. The van der Waals surface area contributed by atoms with Gasteiger partial charge in [-0.25, -0.2) is 4.98 Å². The van der Waals surface area contributed by atoms with E-state index in [0.29, 0.717) is 24.4 Å². The number of nitrogens with one attached hydrogen (secondary N) is 1. The zero-order valence-electron chi connectivity index (χ0n) is 13.4. The van der Waals surface area contributed by atoms with Gasteiger partial charge in [0.15, 0.2) is 0 Å². The number of carbonyl (C=O) groups is 1. The summed E-state index contributed by atoms with van der Waals surface area (Å²) in [6.07, 6.45) is 3.36. The second kappa shape index (κ2) is 5.82. The van der Waals surface area contributed by atoms with Crippen molar-refractivity contribution in [1.29, 1.82) is 5.41 Å². The Morgan fingerprint density at radius 1 is 1.44 bits per heavy atom. The molecule has 1 amide bonds. The molecule has 1 fully saturated rings. The fourth-order valence-electron chi connectivity index (χ4n) is 3.24. The van der Waals surface area contributed by atoms with Gasteiger partial charge >= 0.3 is 0 Å². The topological polar surface area (TPSA) is 115 Å². The largest absolute Gasteiger partial charge is 0.376 e. The lowest BCUT2D eigenvalue weighted by Gasteiger charge is -2.16. The molecule has 3 N–H and O–H groups in total. The Balaban J connectivity index is 2.08. The predicted octanol–water partition coefficient (Wildman–Crippen LogP) is 0.407. The van der Waals surface area contributed by atoms with Crippen molar-refractivity contribution in [2.75, 3.05) is 6.61 Å². The number of carbonyl (C=O) groups excluding carboxylic acids is 1. The first-order chi connectivity index (χ1) is 12.1. The van der Waals surface area contributed by atoms with Crippen LogP contribution < -0.4 is 16.8 Å². The molecule has 1 aliphatic rings. The molecular formula is C17H17N5O3. The normalized spacial score (nSPS) is 17.4. The minimum Gasteiger partial charge on any atom is -0.376 e. The van der Waals surface area contributed by atoms with Crippen LogP contribution in [-0.4, -0.2) is 32.6 Å². The summed E-state index contributed by atoms with van der Waals surface area (Å²) in [6, 6.07) is 6.61. The zero-order chi connectivity index (χ0) is 17.6. The van der Waals surface area contributed by atoms with Crippen LogP contribution in [0.1, 0.15) is 23.2 Å². The Morgan fingerprint density at radius 2 is 2.28 bits per heavy atom. The third-order valence-electron chi connectivity index (χ3n) is 4.49. The Labute approximate surface area is 142 Å². The van der Waals surface area contributed by atoms with Gasteiger partial charge in [-0.15, -0.1) is 0 Å². The number of pyridine rings is 2. The van der Waals surface area contributed by atoms with Gasteiger partial charge in [0.25, 0.3) is 11.5 Å². The molecule has 0 radical (unpaired) electrons. The van der Waals surface area contributed by atoms with Crippen LogP contribution in [0.5, 0.6) is 0 Å². The van der Waals surface area contributed by atoms with E-state index in [1.807, 2.05) is 0 Å². The van der Waals surface area contributed by atoms with E-state index in [1.165, 1.54) is 10.5 Å². The number of aromatic nitrogens is 3. The maximum absolute atomic E-state index is 12.8. The molecule has 8 heteroatoms. The Kier molecular flexibility index (Phi) is 3.61. The average Bonchev–Trinajstić information content (AvgIpc) is 3.11. The van der Waals surface area contributed by atoms with E-state index < -0.39 is 5.91 Å². The summed E-state index contributed by atoms with van der Waals surface area (Å²) in [5.74, 6) is -0.745. The highest BCUT2D eigenvalue weighted by molar-refractivity contribution is 5.95. The van der Waals surface area contributed by atoms with Gasteiger partial charge in [-0.3, -0.25) is 19.4 Å². The van der Waals surface area contributed by atoms with Crippen LogP contribution in [0, 0.1) is 5.41 Å². The molecule has 0 aromatic carbocycles. The lowest BCUT2D eigenvalue weighted by Crippen LogP contribution is -2.34. The standard InChI is InChI=1S/C17H17N5O3/c18-14-11(15(19)23)8-12-16(22(14)9-10-4-3-7-25-10)20-13-5-1-2-6-21(13)17(12)24/h1-2,5-6,8,10,18H,3-4,7,9H2,(H2,19,23)/t10-/m1/s1. The molecule has 0 unspecified atom stereocenters. The lowest BCUT2D eigenvalue weighted by molar-refractivity contribution is 0.0954. The molecule has 128 valence electrons. The maximum atomic E-state index is 12.8. The molecule has 4 heterocycles. The van der Waals surface area contributed by atoms with Crippen molar-refractivity contribution in [1.82, 2.24) is 14.0 Å². The third kappa shape index (κ3) is 2.51. The van der Waals surface area contributed by atoms with Gasteiger partial charge in [0.2, 0.25) is 0 Å². The first kappa shape index (κ1) is 15.5. The number of primary amides is 1. The van der Waals surface area contributed by atoms with Gasteiger partial charge in [-0.1, -0.05) is 6.07 Å². The van der Waals surface area contributed by atoms with Gasteiger partial charge in [-0.05, 0) is 31.0 Å². The number of fused-ring (bicyclic) bond motifs is 2. The van der Waals surface area contributed by atoms with E-state index in [0.717, 1.165) is 12.8 Å². The molecule has 0 bridgehead atoms. The summed E-state index contributed by atoms with van der Waals surface area (Å²) < 4.78 is 8.61. The quantitative estimate of drug-likeness (QED) is 0.672. The molecule has 25 heavy (non-hydrogen) atoms. The molecular weight excluding hydrogens is 322 g/mol. The van der Waals surface area contributed by atoms with Crippen molar-refractivity contribution in [2.24, 2.45) is 5.73 Å². The van der Waals surface area contributed by atoms with Crippen LogP contribution in [0.15, 0.2) is 35.3 Å². The number of ether oxygens (including phenoxy) is 1. The van der Waals surface area contributed by atoms with E-state index in [9.17, 15) is 9.59 Å². The van der Waals surface area contributed by atoms with Gasteiger partial charge in [-0.2, -0.15) is 0 Å². The van der Waals surface area contributed by atoms with Gasteiger partial charge in [0.1, 0.15) is 16.8 Å². The Bertz CT molecular complexity index is 1110. The number of amides is 1. The van der Waals surface area contributed by atoms with Crippen molar-refractivity contribution < 1.29 is 9.53 Å². The van der Waals surface area contributed by atoms with Crippen LogP contribution >= 0.6 is 0 Å². The van der Waals surface area contributed by atoms with E-state index in [4.69, 9.17) is 15.9 Å². The summed E-state index contributed by atoms with van der Waals surface area (Å²) >= 11 is 0. The van der Waals surface area contributed by atoms with Crippen LogP contribution in [-0.2, 0) is 11.3 Å². The van der Waals surface area contributed by atoms with E-state index in [2.05, 4.69) is 4.98 Å². The zero-order valence-corrected chi connectivity index (χ0v) is 13.4. The summed E-state index contributed by atoms with van der Waals surface area (Å²) in [5, 5.41) is 8.62. The van der Waals surface area contributed by atoms with Gasteiger partial charge in [0.05, 0.1) is 23.6 Å². The first-order valence-corrected chi connectivity index (χ1v) is 8.07. The average molecular weight is 339 g/mol. The van der Waals surface area contributed by atoms with Crippen molar-refractivity contribution in [2.45, 2.75) is 25.5 Å². The van der Waals surface area contributed by atoms with Crippen LogP contribution in [0.4, 0.5) is 0 Å². The summed E-state index contributed by atoms with van der Waals surface area (Å²) in [6.45, 7) is 1.02. The highest BCUT2D eigenvalue weighted by Crippen LogP contribution is 2.16. The van der Waals surface area contributed by atoms with Crippen molar-refractivity contribution in [3.8, 4) is 0 Å². The second-order valence-corrected chi connectivity index (χ2v) is 6.10. The minimum absolute atomic E-state index is 0.000257. The van der Waals surface area contributed by atoms with Crippen LogP contribution in [0.3, 0.4) is 0 Å². The Hall–Kier alpha value is -3.00. The SMILES string of the molecule is N=c1c(C(N)=O)cc2c(=O)n3ccccc3nc2n1C[C@H]1CCCO1. The molecule has 0 saturated carbocycles. The van der Waals surface area contributed by atoms with E-state index in [-0.39, 0.29) is 28.1 Å². The van der Waals surface area contributed by atoms with E-state index >= 15 is 0 Å². The predicted molar refractivity (Wildman–Crippen MR) is 90.3 cm³/mol. The molecule has 8 nitrogen and oxygen atoms in total. The highest BCUT2D eigenvalue weighted by Gasteiger charge is 2.21. The molecule has 1 aliphatic heterocycles. The molecule has 4 rings (SSSR count). The third-order valence-corrected chi connectivity index (χ3v) is 4.49. The van der Waals surface area contributed by atoms with Crippen LogP contribution in [0.25, 0.3) is 16.7 Å². The van der Waals surface area contributed by atoms with Crippen molar-refractivity contribution in [3.05, 3.63) is 51.9 Å². The molecule has 1 saturated heterocycles. The van der Waals surface area contributed by atoms with Crippen molar-refractivity contribution in [3.63, 3.8) is 0 Å². The smallest absolute Gasteiger partial charge is 0.267 e.